The molecule has 1 aromatic rings. The molecule has 1 aromatic carbocycles. The van der Waals surface area contributed by atoms with E-state index in [0.717, 1.165) is 10.6 Å². The Labute approximate surface area is 183 Å². The van der Waals surface area contributed by atoms with Gasteiger partial charge in [-0.2, -0.15) is 4.31 Å². The molecule has 1 N–H and O–H groups in total. The number of carbonyl (C=O) groups is 1. The molecule has 0 spiro atoms. The Balaban J connectivity index is 1.87. The maximum Gasteiger partial charge on any atom is 0.524 e. The molecule has 2 atom stereocenters. The van der Waals surface area contributed by atoms with E-state index in [1.54, 1.807) is 30.3 Å². The van der Waals surface area contributed by atoms with Crippen LogP contribution in [-0.4, -0.2) is 48.9 Å². The second-order valence-electron chi connectivity index (χ2n) is 7.47. The van der Waals surface area contributed by atoms with Crippen LogP contribution in [0, 0.1) is 0 Å². The average molecular weight is 479 g/mol. The quantitative estimate of drug-likeness (QED) is 0.654. The van der Waals surface area contributed by atoms with Gasteiger partial charge in [0.05, 0.1) is 6.26 Å². The number of halogens is 4. The fourth-order valence-electron chi connectivity index (χ4n) is 3.80. The molecule has 0 radical (unpaired) electrons. The van der Waals surface area contributed by atoms with Gasteiger partial charge < -0.3 is 5.32 Å². The van der Waals surface area contributed by atoms with E-state index in [4.69, 9.17) is 11.6 Å². The number of piperidine rings is 1. The molecular weight excluding hydrogens is 457 g/mol. The SMILES string of the molecule is CS(=O)(=O)N1CCCC[C@@H]1C(=O)NC1=CC=C(c2ccccc2)C(Cl)(OC(F)(F)F)C1. The van der Waals surface area contributed by atoms with Crippen LogP contribution in [0.1, 0.15) is 31.2 Å². The van der Waals surface area contributed by atoms with Crippen LogP contribution in [0.4, 0.5) is 13.2 Å². The summed E-state index contributed by atoms with van der Waals surface area (Å²) in [5, 5.41) is 0.252. The third kappa shape index (κ3) is 5.88. The van der Waals surface area contributed by atoms with E-state index in [0.29, 0.717) is 24.8 Å². The first-order valence-corrected chi connectivity index (χ1v) is 11.8. The minimum atomic E-state index is -5.02. The second-order valence-corrected chi connectivity index (χ2v) is 10.0. The summed E-state index contributed by atoms with van der Waals surface area (Å²) in [5.41, 5.74) is 0.641. The average Bonchev–Trinajstić information content (AvgIpc) is 2.66. The number of hydrogen-bond acceptors (Lipinski definition) is 4. The van der Waals surface area contributed by atoms with Crippen LogP contribution in [0.25, 0.3) is 5.57 Å². The summed E-state index contributed by atoms with van der Waals surface area (Å²) < 4.78 is 68.8. The Morgan fingerprint density at radius 3 is 2.52 bits per heavy atom. The molecule has 1 saturated heterocycles. The minimum Gasteiger partial charge on any atom is -0.328 e. The van der Waals surface area contributed by atoms with E-state index in [1.165, 1.54) is 12.2 Å². The van der Waals surface area contributed by atoms with Crippen molar-refractivity contribution in [1.82, 2.24) is 9.62 Å². The number of allylic oxidation sites excluding steroid dienone is 2. The number of carbonyl (C=O) groups excluding carboxylic acids is 1. The highest BCUT2D eigenvalue weighted by Gasteiger charge is 2.47. The number of nitrogens with zero attached hydrogens (tertiary/aromatic N) is 1. The molecule has 31 heavy (non-hydrogen) atoms. The fourth-order valence-corrected chi connectivity index (χ4v) is 5.33. The van der Waals surface area contributed by atoms with Gasteiger partial charge in [-0.25, -0.2) is 8.42 Å². The third-order valence-corrected chi connectivity index (χ3v) is 6.80. The molecule has 1 heterocycles. The van der Waals surface area contributed by atoms with Crippen molar-refractivity contribution in [1.29, 1.82) is 0 Å². The number of ether oxygens (including phenoxy) is 1. The fraction of sp³-hybridized carbons (Fsp3) is 0.450. The maximum absolute atomic E-state index is 13.1. The van der Waals surface area contributed by atoms with E-state index in [1.807, 2.05) is 0 Å². The zero-order valence-corrected chi connectivity index (χ0v) is 18.2. The van der Waals surface area contributed by atoms with Crippen molar-refractivity contribution in [3.05, 3.63) is 53.7 Å². The Morgan fingerprint density at radius 1 is 1.23 bits per heavy atom. The largest absolute Gasteiger partial charge is 0.524 e. The number of hydrogen-bond donors (Lipinski definition) is 1. The van der Waals surface area contributed by atoms with Gasteiger partial charge in [0.25, 0.3) is 0 Å². The van der Waals surface area contributed by atoms with Gasteiger partial charge in [-0.3, -0.25) is 9.53 Å². The molecule has 0 aromatic heterocycles. The molecule has 1 fully saturated rings. The van der Waals surface area contributed by atoms with Crippen LogP contribution in [0.3, 0.4) is 0 Å². The van der Waals surface area contributed by atoms with Crippen molar-refractivity contribution >= 4 is 33.1 Å². The molecule has 1 unspecified atom stereocenters. The van der Waals surface area contributed by atoms with Crippen molar-refractivity contribution in [2.75, 3.05) is 12.8 Å². The lowest BCUT2D eigenvalue weighted by Crippen LogP contribution is -2.51. The Morgan fingerprint density at radius 2 is 1.90 bits per heavy atom. The van der Waals surface area contributed by atoms with Gasteiger partial charge in [0.1, 0.15) is 6.04 Å². The number of sulfonamides is 1. The molecule has 170 valence electrons. The molecule has 0 bridgehead atoms. The van der Waals surface area contributed by atoms with Gasteiger partial charge in [0.15, 0.2) is 5.06 Å². The summed E-state index contributed by atoms with van der Waals surface area (Å²) in [6.07, 6.45) is -0.0251. The number of amides is 1. The molecule has 1 aliphatic heterocycles. The predicted molar refractivity (Wildman–Crippen MR) is 110 cm³/mol. The molecular formula is C20H22ClF3N2O4S. The van der Waals surface area contributed by atoms with Gasteiger partial charge in [-0.15, -0.1) is 13.2 Å². The molecule has 0 saturated carbocycles. The van der Waals surface area contributed by atoms with Crippen molar-refractivity contribution < 1.29 is 31.1 Å². The molecule has 1 aliphatic carbocycles. The highest BCUT2D eigenvalue weighted by molar-refractivity contribution is 7.88. The van der Waals surface area contributed by atoms with Crippen LogP contribution < -0.4 is 5.32 Å². The van der Waals surface area contributed by atoms with Gasteiger partial charge >= 0.3 is 6.36 Å². The van der Waals surface area contributed by atoms with Gasteiger partial charge in [-0.1, -0.05) is 54.4 Å². The topological polar surface area (TPSA) is 75.7 Å². The third-order valence-electron chi connectivity index (χ3n) is 5.10. The zero-order chi connectivity index (χ0) is 22.9. The van der Waals surface area contributed by atoms with E-state index >= 15 is 0 Å². The van der Waals surface area contributed by atoms with E-state index in [9.17, 15) is 26.4 Å². The van der Waals surface area contributed by atoms with Gasteiger partial charge in [0.2, 0.25) is 15.9 Å². The molecule has 1 amide bonds. The maximum atomic E-state index is 13.1. The molecule has 6 nitrogen and oxygen atoms in total. The Kier molecular flexibility index (Phi) is 6.85. The van der Waals surface area contributed by atoms with Crippen LogP contribution in [-0.2, 0) is 19.6 Å². The first-order valence-electron chi connectivity index (χ1n) is 9.59. The first-order chi connectivity index (χ1) is 14.4. The van der Waals surface area contributed by atoms with Crippen molar-refractivity contribution in [3.8, 4) is 0 Å². The number of nitrogens with one attached hydrogen (secondary N) is 1. The lowest BCUT2D eigenvalue weighted by atomic mass is 9.92. The highest BCUT2D eigenvalue weighted by Crippen LogP contribution is 2.45. The van der Waals surface area contributed by atoms with Crippen molar-refractivity contribution in [2.45, 2.75) is 43.1 Å². The Bertz CT molecular complexity index is 995. The smallest absolute Gasteiger partial charge is 0.328 e. The number of alkyl halides is 4. The summed E-state index contributed by atoms with van der Waals surface area (Å²) in [4.78, 5) is 12.8. The van der Waals surface area contributed by atoms with Crippen LogP contribution in [0.5, 0.6) is 0 Å². The molecule has 2 aliphatic rings. The predicted octanol–water partition coefficient (Wildman–Crippen LogP) is 3.76. The summed E-state index contributed by atoms with van der Waals surface area (Å²) in [7, 11) is -3.61. The summed E-state index contributed by atoms with van der Waals surface area (Å²) >= 11 is 6.32. The number of rotatable bonds is 5. The van der Waals surface area contributed by atoms with Gasteiger partial charge in [-0.05, 0) is 24.5 Å². The lowest BCUT2D eigenvalue weighted by molar-refractivity contribution is -0.342. The van der Waals surface area contributed by atoms with E-state index < -0.39 is 39.8 Å². The highest BCUT2D eigenvalue weighted by atomic mass is 35.5. The number of benzene rings is 1. The van der Waals surface area contributed by atoms with Crippen LogP contribution in [0.2, 0.25) is 0 Å². The van der Waals surface area contributed by atoms with Crippen LogP contribution >= 0.6 is 11.6 Å². The van der Waals surface area contributed by atoms with Crippen LogP contribution in [0.15, 0.2) is 48.2 Å². The standard InChI is InChI=1S/C20H22ClF3N2O4S/c1-31(28,29)26-12-6-5-9-17(26)18(27)25-15-10-11-16(14-7-3-2-4-8-14)19(21,13-15)30-20(22,23)24/h2-4,7-8,10-11,17H,5-6,9,12-13H2,1H3,(H,25,27)/t17-,19?/m1/s1. The second kappa shape index (κ2) is 8.93. The normalized spacial score (nSPS) is 25.5. The monoisotopic (exact) mass is 478 g/mol. The molecule has 3 rings (SSSR count). The summed E-state index contributed by atoms with van der Waals surface area (Å²) in [6.45, 7) is 0.213. The Hall–Kier alpha value is -1.88. The lowest BCUT2D eigenvalue weighted by Gasteiger charge is -2.36. The van der Waals surface area contributed by atoms with Gasteiger partial charge in [0, 0.05) is 24.2 Å². The minimum absolute atomic E-state index is 0.0977. The summed E-state index contributed by atoms with van der Waals surface area (Å²) in [6, 6.07) is 7.30. The zero-order valence-electron chi connectivity index (χ0n) is 16.7. The van der Waals surface area contributed by atoms with E-state index in [2.05, 4.69) is 10.1 Å². The first kappa shape index (κ1) is 23.8. The molecule has 11 heteroatoms. The van der Waals surface area contributed by atoms with Crippen molar-refractivity contribution in [3.63, 3.8) is 0 Å². The van der Waals surface area contributed by atoms with Crippen molar-refractivity contribution in [2.24, 2.45) is 0 Å². The van der Waals surface area contributed by atoms with E-state index in [-0.39, 0.29) is 17.8 Å². The summed E-state index contributed by atoms with van der Waals surface area (Å²) in [5.74, 6) is -0.612.